The average Bonchev–Trinajstić information content (AvgIpc) is 2.26. The first-order valence-corrected chi connectivity index (χ1v) is 8.20. The van der Waals surface area contributed by atoms with Crippen LogP contribution in [-0.2, 0) is 14.8 Å². The molecule has 2 unspecified atom stereocenters. The molecule has 6 nitrogen and oxygen atoms in total. The van der Waals surface area contributed by atoms with E-state index in [1.165, 1.54) is 0 Å². The van der Waals surface area contributed by atoms with Crippen LogP contribution >= 0.6 is 0 Å². The molecule has 0 aromatic carbocycles. The maximum absolute atomic E-state index is 11.8. The lowest BCUT2D eigenvalue weighted by Crippen LogP contribution is -2.43. The number of piperidine rings is 1. The summed E-state index contributed by atoms with van der Waals surface area (Å²) in [5, 5.41) is 6.08. The van der Waals surface area contributed by atoms with Gasteiger partial charge in [-0.1, -0.05) is 6.92 Å². The van der Waals surface area contributed by atoms with E-state index in [0.29, 0.717) is 25.4 Å². The molecule has 3 N–H and O–H groups in total. The van der Waals surface area contributed by atoms with E-state index in [0.717, 1.165) is 25.8 Å². The van der Waals surface area contributed by atoms with Crippen molar-refractivity contribution >= 4 is 15.9 Å². The summed E-state index contributed by atoms with van der Waals surface area (Å²) in [6.45, 7) is 4.70. The number of carbonyl (C=O) groups excluding carboxylic acids is 1. The number of rotatable bonds is 6. The Morgan fingerprint density at radius 2 is 2.06 bits per heavy atom. The minimum absolute atomic E-state index is 0.0385. The zero-order chi connectivity index (χ0) is 13.6. The van der Waals surface area contributed by atoms with Crippen molar-refractivity contribution in [3.63, 3.8) is 0 Å². The summed E-state index contributed by atoms with van der Waals surface area (Å²) in [4.78, 5) is 11.8. The van der Waals surface area contributed by atoms with Crippen molar-refractivity contribution in [3.8, 4) is 0 Å². The van der Waals surface area contributed by atoms with Crippen LogP contribution in [0.5, 0.6) is 0 Å². The fraction of sp³-hybridized carbons (Fsp3) is 0.909. The van der Waals surface area contributed by atoms with Crippen LogP contribution in [0.25, 0.3) is 0 Å². The van der Waals surface area contributed by atoms with Gasteiger partial charge in [-0.3, -0.25) is 4.79 Å². The van der Waals surface area contributed by atoms with Gasteiger partial charge in [-0.25, -0.2) is 13.1 Å². The van der Waals surface area contributed by atoms with Gasteiger partial charge in [-0.2, -0.15) is 0 Å². The van der Waals surface area contributed by atoms with Crippen LogP contribution in [0.3, 0.4) is 0 Å². The fourth-order valence-electron chi connectivity index (χ4n) is 2.06. The van der Waals surface area contributed by atoms with Gasteiger partial charge in [0, 0.05) is 19.6 Å². The highest BCUT2D eigenvalue weighted by molar-refractivity contribution is 7.88. The monoisotopic (exact) mass is 277 g/mol. The predicted octanol–water partition coefficient (Wildman–Crippen LogP) is -0.712. The first-order valence-electron chi connectivity index (χ1n) is 6.31. The molecule has 1 aliphatic rings. The van der Waals surface area contributed by atoms with Crippen molar-refractivity contribution in [2.75, 3.05) is 32.4 Å². The molecule has 0 aromatic heterocycles. The van der Waals surface area contributed by atoms with Gasteiger partial charge in [0.15, 0.2) is 0 Å². The van der Waals surface area contributed by atoms with Crippen molar-refractivity contribution < 1.29 is 13.2 Å². The molecule has 106 valence electrons. The molecule has 1 rings (SSSR count). The first kappa shape index (κ1) is 15.4. The second-order valence-electron chi connectivity index (χ2n) is 5.01. The summed E-state index contributed by atoms with van der Waals surface area (Å²) in [5.74, 6) is 0.631. The lowest BCUT2D eigenvalue weighted by molar-refractivity contribution is -0.125. The fourth-order valence-corrected chi connectivity index (χ4v) is 2.57. The minimum atomic E-state index is -3.13. The Balaban J connectivity index is 2.13. The highest BCUT2D eigenvalue weighted by Crippen LogP contribution is 2.15. The van der Waals surface area contributed by atoms with Crippen LogP contribution in [0, 0.1) is 11.8 Å². The molecular formula is C11H23N3O3S. The van der Waals surface area contributed by atoms with E-state index in [4.69, 9.17) is 0 Å². The normalized spacial score (nSPS) is 24.8. The molecule has 1 fully saturated rings. The predicted molar refractivity (Wildman–Crippen MR) is 70.6 cm³/mol. The highest BCUT2D eigenvalue weighted by Gasteiger charge is 2.24. The molecule has 2 atom stereocenters. The molecule has 0 saturated carbocycles. The Labute approximate surface area is 109 Å². The van der Waals surface area contributed by atoms with Crippen LogP contribution in [0.15, 0.2) is 0 Å². The van der Waals surface area contributed by atoms with E-state index in [-0.39, 0.29) is 11.8 Å². The number of amides is 1. The van der Waals surface area contributed by atoms with Gasteiger partial charge >= 0.3 is 0 Å². The number of carbonyl (C=O) groups is 1. The Kier molecular flexibility index (Phi) is 6.04. The Bertz CT molecular complexity index is 370. The lowest BCUT2D eigenvalue weighted by Gasteiger charge is -2.26. The number of hydrogen-bond acceptors (Lipinski definition) is 4. The van der Waals surface area contributed by atoms with Gasteiger partial charge in [0.2, 0.25) is 15.9 Å². The maximum Gasteiger partial charge on any atom is 0.224 e. The van der Waals surface area contributed by atoms with Crippen LogP contribution in [0.1, 0.15) is 19.8 Å². The lowest BCUT2D eigenvalue weighted by atomic mass is 9.91. The second-order valence-corrected chi connectivity index (χ2v) is 6.84. The molecule has 1 heterocycles. The zero-order valence-electron chi connectivity index (χ0n) is 11.0. The summed E-state index contributed by atoms with van der Waals surface area (Å²) >= 11 is 0. The van der Waals surface area contributed by atoms with E-state index in [1.807, 2.05) is 0 Å². The van der Waals surface area contributed by atoms with Crippen molar-refractivity contribution in [3.05, 3.63) is 0 Å². The second kappa shape index (κ2) is 7.06. The third-order valence-corrected chi connectivity index (χ3v) is 3.69. The van der Waals surface area contributed by atoms with E-state index in [1.54, 1.807) is 0 Å². The SMILES string of the molecule is CC1CNCC(C(=O)NCCCNS(C)(=O)=O)C1. The van der Waals surface area contributed by atoms with Crippen molar-refractivity contribution in [1.82, 2.24) is 15.4 Å². The van der Waals surface area contributed by atoms with Gasteiger partial charge in [-0.15, -0.1) is 0 Å². The van der Waals surface area contributed by atoms with Crippen molar-refractivity contribution in [2.45, 2.75) is 19.8 Å². The summed E-state index contributed by atoms with van der Waals surface area (Å²) in [6.07, 6.45) is 2.65. The number of nitrogens with one attached hydrogen (secondary N) is 3. The van der Waals surface area contributed by atoms with Crippen molar-refractivity contribution in [1.29, 1.82) is 0 Å². The molecule has 0 spiro atoms. The molecule has 0 bridgehead atoms. The largest absolute Gasteiger partial charge is 0.356 e. The average molecular weight is 277 g/mol. The number of sulfonamides is 1. The molecule has 0 aromatic rings. The molecule has 0 radical (unpaired) electrons. The summed E-state index contributed by atoms with van der Waals surface area (Å²) in [6, 6.07) is 0. The molecule has 7 heteroatoms. The Morgan fingerprint density at radius 1 is 1.33 bits per heavy atom. The van der Waals surface area contributed by atoms with Gasteiger partial charge < -0.3 is 10.6 Å². The van der Waals surface area contributed by atoms with E-state index in [2.05, 4.69) is 22.3 Å². The maximum atomic E-state index is 11.8. The van der Waals surface area contributed by atoms with Gasteiger partial charge in [0.25, 0.3) is 0 Å². The van der Waals surface area contributed by atoms with Crippen molar-refractivity contribution in [2.24, 2.45) is 11.8 Å². The van der Waals surface area contributed by atoms with Crippen LogP contribution in [0.2, 0.25) is 0 Å². The smallest absolute Gasteiger partial charge is 0.224 e. The molecule has 1 amide bonds. The Morgan fingerprint density at radius 3 is 2.67 bits per heavy atom. The first-order chi connectivity index (χ1) is 8.38. The molecule has 18 heavy (non-hydrogen) atoms. The van der Waals surface area contributed by atoms with E-state index in [9.17, 15) is 13.2 Å². The summed E-state index contributed by atoms with van der Waals surface area (Å²) < 4.78 is 24.0. The molecule has 0 aliphatic carbocycles. The quantitative estimate of drug-likeness (QED) is 0.560. The van der Waals surface area contributed by atoms with Crippen LogP contribution in [0.4, 0.5) is 0 Å². The summed E-state index contributed by atoms with van der Waals surface area (Å²) in [5.41, 5.74) is 0. The minimum Gasteiger partial charge on any atom is -0.356 e. The summed E-state index contributed by atoms with van der Waals surface area (Å²) in [7, 11) is -3.13. The van der Waals surface area contributed by atoms with E-state index < -0.39 is 10.0 Å². The molecular weight excluding hydrogens is 254 g/mol. The molecule has 1 saturated heterocycles. The third kappa shape index (κ3) is 6.32. The topological polar surface area (TPSA) is 87.3 Å². The third-order valence-electron chi connectivity index (χ3n) is 2.96. The van der Waals surface area contributed by atoms with Gasteiger partial charge in [-0.05, 0) is 25.3 Å². The molecule has 1 aliphatic heterocycles. The zero-order valence-corrected chi connectivity index (χ0v) is 11.8. The van der Waals surface area contributed by atoms with Crippen LogP contribution < -0.4 is 15.4 Å². The standard InChI is InChI=1S/C11H23N3O3S/c1-9-6-10(8-12-7-9)11(15)13-4-3-5-14-18(2,16)17/h9-10,12,14H,3-8H2,1-2H3,(H,13,15). The van der Waals surface area contributed by atoms with Gasteiger partial charge in [0.05, 0.1) is 12.2 Å². The number of hydrogen-bond donors (Lipinski definition) is 3. The van der Waals surface area contributed by atoms with Crippen LogP contribution in [-0.4, -0.2) is 46.8 Å². The highest BCUT2D eigenvalue weighted by atomic mass is 32.2. The van der Waals surface area contributed by atoms with Gasteiger partial charge in [0.1, 0.15) is 0 Å². The Hall–Kier alpha value is -0.660. The van der Waals surface area contributed by atoms with E-state index >= 15 is 0 Å².